The van der Waals surface area contributed by atoms with Crippen molar-refractivity contribution in [3.05, 3.63) is 64.8 Å². The molecule has 0 bridgehead atoms. The minimum atomic E-state index is 0.436. The average Bonchev–Trinajstić information content (AvgIpc) is 3.04. The molecule has 2 aromatic carbocycles. The number of nitrogens with zero attached hydrogens (tertiary/aromatic N) is 1. The van der Waals surface area contributed by atoms with Gasteiger partial charge < -0.3 is 9.30 Å². The Hall–Kier alpha value is -1.74. The van der Waals surface area contributed by atoms with E-state index in [4.69, 9.17) is 4.74 Å². The van der Waals surface area contributed by atoms with Gasteiger partial charge in [-0.25, -0.2) is 0 Å². The predicted octanol–water partition coefficient (Wildman–Crippen LogP) is 4.58. The Kier molecular flexibility index (Phi) is 2.81. The van der Waals surface area contributed by atoms with Crippen LogP contribution < -0.4 is 4.74 Å². The third kappa shape index (κ3) is 1.93. The maximum atomic E-state index is 5.77. The topological polar surface area (TPSA) is 14.2 Å². The van der Waals surface area contributed by atoms with Crippen LogP contribution in [-0.4, -0.2) is 11.2 Å². The Balaban J connectivity index is 1.69. The lowest BCUT2D eigenvalue weighted by atomic mass is 10.0. The van der Waals surface area contributed by atoms with Crippen LogP contribution in [0.15, 0.2) is 59.2 Å². The molecule has 0 spiro atoms. The number of aromatic nitrogens is 1. The van der Waals surface area contributed by atoms with Gasteiger partial charge in [0, 0.05) is 39.6 Å². The van der Waals surface area contributed by atoms with Crippen molar-refractivity contribution in [3.63, 3.8) is 0 Å². The number of benzene rings is 2. The molecule has 3 aromatic rings. The summed E-state index contributed by atoms with van der Waals surface area (Å²) in [5.41, 5.74) is 2.60. The molecular weight excluding hydrogens is 314 g/mol. The second-order valence-corrected chi connectivity index (χ2v) is 6.13. The lowest BCUT2D eigenvalue weighted by molar-refractivity contribution is 0.320. The van der Waals surface area contributed by atoms with Gasteiger partial charge in [0.1, 0.15) is 5.75 Å². The maximum absolute atomic E-state index is 5.77. The molecule has 3 heteroatoms. The summed E-state index contributed by atoms with van der Waals surface area (Å²) in [6.07, 6.45) is 2.16. The summed E-state index contributed by atoms with van der Waals surface area (Å²) in [7, 11) is 0. The Morgan fingerprint density at radius 2 is 2.05 bits per heavy atom. The van der Waals surface area contributed by atoms with E-state index in [9.17, 15) is 0 Å². The van der Waals surface area contributed by atoms with E-state index in [-0.39, 0.29) is 0 Å². The molecule has 4 rings (SSSR count). The quantitative estimate of drug-likeness (QED) is 0.672. The van der Waals surface area contributed by atoms with E-state index in [1.807, 2.05) is 6.07 Å². The Morgan fingerprint density at radius 1 is 1.15 bits per heavy atom. The van der Waals surface area contributed by atoms with Gasteiger partial charge in [-0.1, -0.05) is 34.1 Å². The van der Waals surface area contributed by atoms with Gasteiger partial charge in [-0.05, 0) is 30.3 Å². The van der Waals surface area contributed by atoms with E-state index in [0.717, 1.165) is 23.4 Å². The number of para-hydroxylation sites is 1. The SMILES string of the molecule is Brc1ccc2c(ccn2CC2COc3ccccc32)c1. The number of rotatable bonds is 2. The van der Waals surface area contributed by atoms with Gasteiger partial charge in [-0.15, -0.1) is 0 Å². The monoisotopic (exact) mass is 327 g/mol. The van der Waals surface area contributed by atoms with Crippen molar-refractivity contribution in [3.8, 4) is 5.75 Å². The van der Waals surface area contributed by atoms with Gasteiger partial charge >= 0.3 is 0 Å². The lowest BCUT2D eigenvalue weighted by Gasteiger charge is -2.11. The molecule has 1 aliphatic heterocycles. The van der Waals surface area contributed by atoms with Crippen LogP contribution >= 0.6 is 15.9 Å². The molecule has 1 aliphatic rings. The summed E-state index contributed by atoms with van der Waals surface area (Å²) in [4.78, 5) is 0. The van der Waals surface area contributed by atoms with Crippen LogP contribution in [0.4, 0.5) is 0 Å². The summed E-state index contributed by atoms with van der Waals surface area (Å²) in [5.74, 6) is 1.47. The highest BCUT2D eigenvalue weighted by molar-refractivity contribution is 9.10. The molecule has 1 atom stereocenters. The van der Waals surface area contributed by atoms with E-state index in [1.54, 1.807) is 0 Å². The Bertz CT molecular complexity index is 778. The number of hydrogen-bond donors (Lipinski definition) is 0. The average molecular weight is 328 g/mol. The number of fused-ring (bicyclic) bond motifs is 2. The van der Waals surface area contributed by atoms with Gasteiger partial charge in [0.25, 0.3) is 0 Å². The molecule has 0 N–H and O–H groups in total. The Morgan fingerprint density at radius 3 is 3.00 bits per heavy atom. The summed E-state index contributed by atoms with van der Waals surface area (Å²) < 4.78 is 9.21. The minimum absolute atomic E-state index is 0.436. The first kappa shape index (κ1) is 12.0. The first-order valence-corrected chi connectivity index (χ1v) is 7.57. The molecular formula is C17H14BrNO. The minimum Gasteiger partial charge on any atom is -0.493 e. The van der Waals surface area contributed by atoms with Crippen LogP contribution in [0.5, 0.6) is 5.75 Å². The van der Waals surface area contributed by atoms with Crippen LogP contribution in [0.25, 0.3) is 10.9 Å². The van der Waals surface area contributed by atoms with Crippen LogP contribution in [-0.2, 0) is 6.54 Å². The van der Waals surface area contributed by atoms with Gasteiger partial charge in [0.15, 0.2) is 0 Å². The van der Waals surface area contributed by atoms with Gasteiger partial charge in [0.05, 0.1) is 6.61 Å². The molecule has 1 aromatic heterocycles. The molecule has 1 unspecified atom stereocenters. The highest BCUT2D eigenvalue weighted by Crippen LogP contribution is 2.35. The zero-order valence-corrected chi connectivity index (χ0v) is 12.5. The second kappa shape index (κ2) is 4.67. The lowest BCUT2D eigenvalue weighted by Crippen LogP contribution is -2.09. The molecule has 0 radical (unpaired) electrons. The van der Waals surface area contributed by atoms with Crippen molar-refractivity contribution in [1.82, 2.24) is 4.57 Å². The van der Waals surface area contributed by atoms with Gasteiger partial charge in [0.2, 0.25) is 0 Å². The van der Waals surface area contributed by atoms with Crippen molar-refractivity contribution in [1.29, 1.82) is 0 Å². The van der Waals surface area contributed by atoms with Crippen LogP contribution in [0, 0.1) is 0 Å². The third-order valence-corrected chi connectivity index (χ3v) is 4.44. The van der Waals surface area contributed by atoms with E-state index in [1.165, 1.54) is 16.5 Å². The highest BCUT2D eigenvalue weighted by atomic mass is 79.9. The van der Waals surface area contributed by atoms with E-state index in [0.29, 0.717) is 5.92 Å². The number of ether oxygens (including phenoxy) is 1. The van der Waals surface area contributed by atoms with Crippen molar-refractivity contribution in [2.75, 3.05) is 6.61 Å². The number of halogens is 1. The molecule has 2 heterocycles. The Labute approximate surface area is 126 Å². The fourth-order valence-electron chi connectivity index (χ4n) is 2.95. The predicted molar refractivity (Wildman–Crippen MR) is 84.3 cm³/mol. The first-order chi connectivity index (χ1) is 9.81. The van der Waals surface area contributed by atoms with Crippen molar-refractivity contribution < 1.29 is 4.74 Å². The molecule has 2 nitrogen and oxygen atoms in total. The van der Waals surface area contributed by atoms with E-state index in [2.05, 4.69) is 69.2 Å². The van der Waals surface area contributed by atoms with E-state index >= 15 is 0 Å². The second-order valence-electron chi connectivity index (χ2n) is 5.22. The summed E-state index contributed by atoms with van der Waals surface area (Å²) in [5, 5.41) is 1.27. The molecule has 0 saturated heterocycles. The van der Waals surface area contributed by atoms with Crippen molar-refractivity contribution in [2.45, 2.75) is 12.5 Å². The van der Waals surface area contributed by atoms with Gasteiger partial charge in [-0.3, -0.25) is 0 Å². The summed E-state index contributed by atoms with van der Waals surface area (Å²) >= 11 is 3.52. The molecule has 100 valence electrons. The molecule has 0 fully saturated rings. The standard InChI is InChI=1S/C17H14BrNO/c18-14-5-6-16-12(9-14)7-8-19(16)10-13-11-20-17-4-2-1-3-15(13)17/h1-9,13H,10-11H2. The fraction of sp³-hybridized carbons (Fsp3) is 0.176. The first-order valence-electron chi connectivity index (χ1n) is 6.77. The highest BCUT2D eigenvalue weighted by Gasteiger charge is 2.24. The van der Waals surface area contributed by atoms with Crippen LogP contribution in [0.1, 0.15) is 11.5 Å². The third-order valence-electron chi connectivity index (χ3n) is 3.95. The van der Waals surface area contributed by atoms with Crippen LogP contribution in [0.2, 0.25) is 0 Å². The molecule has 20 heavy (non-hydrogen) atoms. The zero-order chi connectivity index (χ0) is 13.5. The number of hydrogen-bond acceptors (Lipinski definition) is 1. The smallest absolute Gasteiger partial charge is 0.122 e. The van der Waals surface area contributed by atoms with Crippen LogP contribution in [0.3, 0.4) is 0 Å². The van der Waals surface area contributed by atoms with Crippen molar-refractivity contribution >= 4 is 26.8 Å². The zero-order valence-electron chi connectivity index (χ0n) is 10.9. The van der Waals surface area contributed by atoms with Crippen molar-refractivity contribution in [2.24, 2.45) is 0 Å². The maximum Gasteiger partial charge on any atom is 0.122 e. The summed E-state index contributed by atoms with van der Waals surface area (Å²) in [6, 6.07) is 16.9. The molecule has 0 amide bonds. The summed E-state index contributed by atoms with van der Waals surface area (Å²) in [6.45, 7) is 1.73. The van der Waals surface area contributed by atoms with Gasteiger partial charge in [-0.2, -0.15) is 0 Å². The molecule has 0 saturated carbocycles. The normalized spacial score (nSPS) is 17.1. The largest absolute Gasteiger partial charge is 0.493 e. The molecule has 0 aliphatic carbocycles. The van der Waals surface area contributed by atoms with E-state index < -0.39 is 0 Å². The fourth-order valence-corrected chi connectivity index (χ4v) is 3.33.